The maximum absolute atomic E-state index is 12.5. The van der Waals surface area contributed by atoms with E-state index in [1.165, 1.54) is 18.3 Å². The zero-order chi connectivity index (χ0) is 18.3. The van der Waals surface area contributed by atoms with Crippen molar-refractivity contribution >= 4 is 71.1 Å². The summed E-state index contributed by atoms with van der Waals surface area (Å²) in [6, 6.07) is 12.7. The molecule has 4 rings (SSSR count). The summed E-state index contributed by atoms with van der Waals surface area (Å²) in [5, 5.41) is 6.86. The molecule has 0 aliphatic heterocycles. The normalized spacial score (nSPS) is 11.0. The van der Waals surface area contributed by atoms with Crippen molar-refractivity contribution in [2.45, 2.75) is 6.92 Å². The third kappa shape index (κ3) is 3.21. The lowest BCUT2D eigenvalue weighted by molar-refractivity contribution is -0.114. The Morgan fingerprint density at radius 1 is 1.15 bits per heavy atom. The highest BCUT2D eigenvalue weighted by atomic mass is 79.9. The Labute approximate surface area is 160 Å². The smallest absolute Gasteiger partial charge is 0.291 e. The van der Waals surface area contributed by atoms with Gasteiger partial charge in [-0.3, -0.25) is 9.59 Å². The molecule has 0 aliphatic rings. The molecule has 2 aromatic heterocycles. The number of halogens is 1. The largest absolute Gasteiger partial charge is 0.450 e. The van der Waals surface area contributed by atoms with E-state index in [1.807, 2.05) is 24.3 Å². The summed E-state index contributed by atoms with van der Waals surface area (Å²) in [6.07, 6.45) is 0. The molecule has 130 valence electrons. The Morgan fingerprint density at radius 2 is 2.00 bits per heavy atom. The van der Waals surface area contributed by atoms with Crippen molar-refractivity contribution in [1.82, 2.24) is 4.98 Å². The Bertz CT molecular complexity index is 1170. The van der Waals surface area contributed by atoms with Crippen LogP contribution in [0.1, 0.15) is 17.5 Å². The number of nitrogens with one attached hydrogen (secondary N) is 2. The first kappa shape index (κ1) is 16.7. The van der Waals surface area contributed by atoms with E-state index in [4.69, 9.17) is 4.42 Å². The van der Waals surface area contributed by atoms with Gasteiger partial charge in [0.2, 0.25) is 5.91 Å². The standard InChI is InChI=1S/C18H12BrN3O3S/c1-9(23)20-18-22-13-6-5-11(8-15(13)26-18)21-17(24)14-7-10-3-2-4-12(19)16(10)25-14/h2-8H,1H3,(H,21,24)(H,20,22,23). The number of furan rings is 1. The number of para-hydroxylation sites is 1. The van der Waals surface area contributed by atoms with Crippen LogP contribution in [0.25, 0.3) is 21.2 Å². The van der Waals surface area contributed by atoms with E-state index in [-0.39, 0.29) is 17.6 Å². The van der Waals surface area contributed by atoms with Crippen molar-refractivity contribution in [2.24, 2.45) is 0 Å². The SMILES string of the molecule is CC(=O)Nc1nc2ccc(NC(=O)c3cc4cccc(Br)c4o3)cc2s1. The van der Waals surface area contributed by atoms with Crippen LogP contribution < -0.4 is 10.6 Å². The third-order valence-corrected chi connectivity index (χ3v) is 5.21. The molecule has 0 saturated carbocycles. The lowest BCUT2D eigenvalue weighted by Gasteiger charge is -2.02. The molecule has 0 saturated heterocycles. The van der Waals surface area contributed by atoms with Gasteiger partial charge < -0.3 is 15.1 Å². The van der Waals surface area contributed by atoms with Crippen LogP contribution in [0.2, 0.25) is 0 Å². The zero-order valence-corrected chi connectivity index (χ0v) is 15.9. The lowest BCUT2D eigenvalue weighted by Crippen LogP contribution is -2.10. The van der Waals surface area contributed by atoms with Crippen LogP contribution in [0.4, 0.5) is 10.8 Å². The van der Waals surface area contributed by atoms with Crippen LogP contribution in [0.15, 0.2) is 51.4 Å². The second-order valence-electron chi connectivity index (χ2n) is 5.61. The van der Waals surface area contributed by atoms with Crippen LogP contribution in [0.5, 0.6) is 0 Å². The Hall–Kier alpha value is -2.71. The molecule has 0 spiro atoms. The molecule has 0 atom stereocenters. The van der Waals surface area contributed by atoms with Gasteiger partial charge in [-0.1, -0.05) is 23.5 Å². The van der Waals surface area contributed by atoms with Crippen LogP contribution in [0, 0.1) is 0 Å². The number of rotatable bonds is 3. The number of thiazole rings is 1. The van der Waals surface area contributed by atoms with E-state index < -0.39 is 0 Å². The highest BCUT2D eigenvalue weighted by molar-refractivity contribution is 9.10. The first-order valence-electron chi connectivity index (χ1n) is 7.67. The second kappa shape index (κ2) is 6.54. The molecule has 8 heteroatoms. The van der Waals surface area contributed by atoms with E-state index in [1.54, 1.807) is 18.2 Å². The van der Waals surface area contributed by atoms with Gasteiger partial charge in [0.1, 0.15) is 5.58 Å². The average Bonchev–Trinajstić information content (AvgIpc) is 3.18. The fourth-order valence-electron chi connectivity index (χ4n) is 2.54. The average molecular weight is 430 g/mol. The molecular formula is C18H12BrN3O3S. The predicted molar refractivity (Wildman–Crippen MR) is 106 cm³/mol. The van der Waals surface area contributed by atoms with Gasteiger partial charge in [-0.15, -0.1) is 0 Å². The summed E-state index contributed by atoms with van der Waals surface area (Å²) in [6.45, 7) is 1.43. The number of carbonyl (C=O) groups is 2. The summed E-state index contributed by atoms with van der Waals surface area (Å²) >= 11 is 4.76. The van der Waals surface area contributed by atoms with Crippen molar-refractivity contribution in [3.8, 4) is 0 Å². The monoisotopic (exact) mass is 429 g/mol. The van der Waals surface area contributed by atoms with Gasteiger partial charge >= 0.3 is 0 Å². The summed E-state index contributed by atoms with van der Waals surface area (Å²) < 4.78 is 7.31. The maximum atomic E-state index is 12.5. The van der Waals surface area contributed by atoms with Crippen LogP contribution in [-0.4, -0.2) is 16.8 Å². The first-order chi connectivity index (χ1) is 12.5. The third-order valence-electron chi connectivity index (χ3n) is 3.65. The molecule has 2 N–H and O–H groups in total. The number of amides is 2. The highest BCUT2D eigenvalue weighted by Crippen LogP contribution is 2.30. The van der Waals surface area contributed by atoms with Gasteiger partial charge in [0.05, 0.1) is 14.7 Å². The van der Waals surface area contributed by atoms with Gasteiger partial charge in [-0.25, -0.2) is 4.98 Å². The summed E-state index contributed by atoms with van der Waals surface area (Å²) in [4.78, 5) is 28.0. The molecular weight excluding hydrogens is 418 g/mol. The van der Waals surface area contributed by atoms with Gasteiger partial charge in [0.25, 0.3) is 5.91 Å². The van der Waals surface area contributed by atoms with E-state index in [9.17, 15) is 9.59 Å². The number of anilines is 2. The Morgan fingerprint density at radius 3 is 2.77 bits per heavy atom. The number of nitrogens with zero attached hydrogens (tertiary/aromatic N) is 1. The van der Waals surface area contributed by atoms with Crippen molar-refractivity contribution in [3.05, 3.63) is 52.7 Å². The molecule has 0 radical (unpaired) electrons. The maximum Gasteiger partial charge on any atom is 0.291 e. The lowest BCUT2D eigenvalue weighted by atomic mass is 10.2. The number of fused-ring (bicyclic) bond motifs is 2. The summed E-state index contributed by atoms with van der Waals surface area (Å²) in [5.74, 6) is -0.275. The molecule has 2 aromatic carbocycles. The molecule has 0 unspecified atom stereocenters. The zero-order valence-electron chi connectivity index (χ0n) is 13.5. The second-order valence-corrected chi connectivity index (χ2v) is 7.49. The fraction of sp³-hybridized carbons (Fsp3) is 0.0556. The molecule has 0 bridgehead atoms. The predicted octanol–water partition coefficient (Wildman–Crippen LogP) is 5.02. The van der Waals surface area contributed by atoms with E-state index in [0.29, 0.717) is 16.4 Å². The minimum Gasteiger partial charge on any atom is -0.450 e. The van der Waals surface area contributed by atoms with Crippen molar-refractivity contribution in [1.29, 1.82) is 0 Å². The number of hydrogen-bond acceptors (Lipinski definition) is 5. The molecule has 26 heavy (non-hydrogen) atoms. The van der Waals surface area contributed by atoms with Gasteiger partial charge in [0.15, 0.2) is 10.9 Å². The van der Waals surface area contributed by atoms with E-state index in [2.05, 4.69) is 31.5 Å². The first-order valence-corrected chi connectivity index (χ1v) is 9.28. The van der Waals surface area contributed by atoms with Crippen molar-refractivity contribution in [2.75, 3.05) is 10.6 Å². The van der Waals surface area contributed by atoms with E-state index in [0.717, 1.165) is 20.1 Å². The van der Waals surface area contributed by atoms with Crippen LogP contribution in [0.3, 0.4) is 0 Å². The van der Waals surface area contributed by atoms with Gasteiger partial charge in [-0.05, 0) is 46.3 Å². The molecule has 0 fully saturated rings. The fourth-order valence-corrected chi connectivity index (χ4v) is 3.95. The molecule has 0 aliphatic carbocycles. The molecule has 6 nitrogen and oxygen atoms in total. The minimum absolute atomic E-state index is 0.173. The quantitative estimate of drug-likeness (QED) is 0.478. The Kier molecular flexibility index (Phi) is 4.21. The highest BCUT2D eigenvalue weighted by Gasteiger charge is 2.14. The number of aromatic nitrogens is 1. The number of hydrogen-bond donors (Lipinski definition) is 2. The van der Waals surface area contributed by atoms with Crippen molar-refractivity contribution in [3.63, 3.8) is 0 Å². The number of carbonyl (C=O) groups excluding carboxylic acids is 2. The Balaban J connectivity index is 1.60. The number of benzene rings is 2. The van der Waals surface area contributed by atoms with Crippen molar-refractivity contribution < 1.29 is 14.0 Å². The molecule has 2 amide bonds. The van der Waals surface area contributed by atoms with Gasteiger partial charge in [-0.2, -0.15) is 0 Å². The van der Waals surface area contributed by atoms with E-state index >= 15 is 0 Å². The van der Waals surface area contributed by atoms with Crippen LogP contribution in [-0.2, 0) is 4.79 Å². The summed E-state index contributed by atoms with van der Waals surface area (Å²) in [5.41, 5.74) is 2.01. The van der Waals surface area contributed by atoms with Gasteiger partial charge in [0, 0.05) is 18.0 Å². The minimum atomic E-state index is -0.334. The molecule has 2 heterocycles. The molecule has 4 aromatic rings. The van der Waals surface area contributed by atoms with Crippen LogP contribution >= 0.6 is 27.3 Å². The topological polar surface area (TPSA) is 84.2 Å². The summed E-state index contributed by atoms with van der Waals surface area (Å²) in [7, 11) is 0.